The number of ether oxygens (including phenoxy) is 2. The van der Waals surface area contributed by atoms with Crippen molar-refractivity contribution in [3.05, 3.63) is 24.3 Å². The molecular weight excluding hydrogens is 242 g/mol. The Labute approximate surface area is 115 Å². The molecule has 19 heavy (non-hydrogen) atoms. The largest absolute Gasteiger partial charge is 0.491 e. The van der Waals surface area contributed by atoms with Crippen molar-refractivity contribution < 1.29 is 14.3 Å². The molecule has 4 nitrogen and oxygen atoms in total. The molecule has 0 bridgehead atoms. The summed E-state index contributed by atoms with van der Waals surface area (Å²) in [5.41, 5.74) is -0.101. The molecule has 0 atom stereocenters. The second-order valence-electron chi connectivity index (χ2n) is 5.09. The van der Waals surface area contributed by atoms with Crippen LogP contribution in [0.5, 0.6) is 5.75 Å². The molecule has 4 heteroatoms. The average Bonchev–Trinajstić information content (AvgIpc) is 2.30. The summed E-state index contributed by atoms with van der Waals surface area (Å²) in [5.74, 6) is 0.629. The lowest BCUT2D eigenvalue weighted by Gasteiger charge is -2.23. The van der Waals surface area contributed by atoms with Crippen LogP contribution in [0.4, 0.5) is 5.69 Å². The number of anilines is 1. The first-order valence-corrected chi connectivity index (χ1v) is 6.57. The molecule has 0 saturated carbocycles. The number of nitrogens with one attached hydrogen (secondary N) is 1. The summed E-state index contributed by atoms with van der Waals surface area (Å²) < 4.78 is 10.9. The normalized spacial score (nSPS) is 11.5. The first kappa shape index (κ1) is 15.5. The second-order valence-corrected chi connectivity index (χ2v) is 5.09. The van der Waals surface area contributed by atoms with E-state index >= 15 is 0 Å². The topological polar surface area (TPSA) is 47.6 Å². The fourth-order valence-electron chi connectivity index (χ4n) is 1.60. The van der Waals surface area contributed by atoms with Crippen LogP contribution in [0.15, 0.2) is 24.3 Å². The van der Waals surface area contributed by atoms with Crippen molar-refractivity contribution in [2.75, 3.05) is 11.9 Å². The monoisotopic (exact) mass is 265 g/mol. The lowest BCUT2D eigenvalue weighted by atomic mass is 10.1. The quantitative estimate of drug-likeness (QED) is 0.859. The van der Waals surface area contributed by atoms with Gasteiger partial charge < -0.3 is 14.8 Å². The van der Waals surface area contributed by atoms with Crippen LogP contribution in [0.1, 0.15) is 34.6 Å². The molecule has 1 aromatic rings. The maximum atomic E-state index is 12.0. The number of amides is 1. The summed E-state index contributed by atoms with van der Waals surface area (Å²) in [6, 6.07) is 7.31. The van der Waals surface area contributed by atoms with Crippen LogP contribution < -0.4 is 10.1 Å². The summed E-state index contributed by atoms with van der Waals surface area (Å²) in [6.45, 7) is 9.82. The van der Waals surface area contributed by atoms with Gasteiger partial charge in [-0.3, -0.25) is 4.79 Å². The van der Waals surface area contributed by atoms with Crippen molar-refractivity contribution in [3.63, 3.8) is 0 Å². The van der Waals surface area contributed by atoms with Crippen LogP contribution in [0.25, 0.3) is 0 Å². The Morgan fingerprint density at radius 3 is 2.32 bits per heavy atom. The third-order valence-electron chi connectivity index (χ3n) is 2.54. The molecule has 0 spiro atoms. The highest BCUT2D eigenvalue weighted by molar-refractivity contribution is 5.96. The first-order chi connectivity index (χ1) is 8.85. The van der Waals surface area contributed by atoms with Gasteiger partial charge in [-0.1, -0.05) is 0 Å². The van der Waals surface area contributed by atoms with Gasteiger partial charge in [0.1, 0.15) is 11.4 Å². The number of carbonyl (C=O) groups is 1. The summed E-state index contributed by atoms with van der Waals surface area (Å²) in [6.07, 6.45) is 0.136. The molecule has 0 aromatic heterocycles. The number of hydrogen-bond donors (Lipinski definition) is 1. The Kier molecular flexibility index (Phi) is 5.36. The molecular formula is C15H23NO3. The SMILES string of the molecule is CCOC(C)(C)C(=O)Nc1ccc(OC(C)C)cc1. The standard InChI is InChI=1S/C15H23NO3/c1-6-18-15(4,5)14(17)16-12-7-9-13(10-8-12)19-11(2)3/h7-11H,6H2,1-5H3,(H,16,17). The number of carbonyl (C=O) groups excluding carboxylic acids is 1. The molecule has 0 radical (unpaired) electrons. The molecule has 0 aliphatic heterocycles. The zero-order valence-corrected chi connectivity index (χ0v) is 12.3. The Morgan fingerprint density at radius 2 is 1.84 bits per heavy atom. The van der Waals surface area contributed by atoms with Gasteiger partial charge in [0.2, 0.25) is 0 Å². The van der Waals surface area contributed by atoms with Gasteiger partial charge in [0.15, 0.2) is 0 Å². The fraction of sp³-hybridized carbons (Fsp3) is 0.533. The maximum Gasteiger partial charge on any atom is 0.256 e. The van der Waals surface area contributed by atoms with Gasteiger partial charge in [-0.15, -0.1) is 0 Å². The smallest absolute Gasteiger partial charge is 0.256 e. The molecule has 0 heterocycles. The summed E-state index contributed by atoms with van der Waals surface area (Å²) >= 11 is 0. The van der Waals surface area contributed by atoms with Crippen molar-refractivity contribution in [2.24, 2.45) is 0 Å². The Morgan fingerprint density at radius 1 is 1.26 bits per heavy atom. The number of hydrogen-bond acceptors (Lipinski definition) is 3. The summed E-state index contributed by atoms with van der Waals surface area (Å²) in [5, 5.41) is 2.83. The van der Waals surface area contributed by atoms with Gasteiger partial charge >= 0.3 is 0 Å². The van der Waals surface area contributed by atoms with Crippen LogP contribution in [0.2, 0.25) is 0 Å². The van der Waals surface area contributed by atoms with Crippen molar-refractivity contribution in [2.45, 2.75) is 46.3 Å². The predicted molar refractivity (Wildman–Crippen MR) is 76.5 cm³/mol. The lowest BCUT2D eigenvalue weighted by Crippen LogP contribution is -2.39. The third-order valence-corrected chi connectivity index (χ3v) is 2.54. The van der Waals surface area contributed by atoms with Gasteiger partial charge in [-0.25, -0.2) is 0 Å². The van der Waals surface area contributed by atoms with E-state index in [1.807, 2.05) is 45.0 Å². The van der Waals surface area contributed by atoms with E-state index in [1.165, 1.54) is 0 Å². The molecule has 106 valence electrons. The van der Waals surface area contributed by atoms with Crippen LogP contribution in [-0.4, -0.2) is 24.2 Å². The highest BCUT2D eigenvalue weighted by Crippen LogP contribution is 2.19. The zero-order chi connectivity index (χ0) is 14.5. The summed E-state index contributed by atoms with van der Waals surface area (Å²) in [7, 11) is 0. The maximum absolute atomic E-state index is 12.0. The molecule has 1 amide bonds. The van der Waals surface area contributed by atoms with E-state index in [-0.39, 0.29) is 12.0 Å². The average molecular weight is 265 g/mol. The van der Waals surface area contributed by atoms with Gasteiger partial charge in [-0.2, -0.15) is 0 Å². The molecule has 1 N–H and O–H groups in total. The van der Waals surface area contributed by atoms with Crippen LogP contribution in [0.3, 0.4) is 0 Å². The molecule has 0 aliphatic carbocycles. The Bertz CT molecular complexity index is 410. The van der Waals surface area contributed by atoms with E-state index in [4.69, 9.17) is 9.47 Å². The van der Waals surface area contributed by atoms with Crippen LogP contribution in [0, 0.1) is 0 Å². The molecule has 1 rings (SSSR count). The zero-order valence-electron chi connectivity index (χ0n) is 12.3. The molecule has 1 aromatic carbocycles. The van der Waals surface area contributed by atoms with Crippen molar-refractivity contribution >= 4 is 11.6 Å². The van der Waals surface area contributed by atoms with E-state index < -0.39 is 5.60 Å². The Hall–Kier alpha value is -1.55. The number of rotatable bonds is 6. The molecule has 0 aliphatic rings. The fourth-order valence-corrected chi connectivity index (χ4v) is 1.60. The van der Waals surface area contributed by atoms with Gasteiger partial charge in [0.25, 0.3) is 5.91 Å². The minimum atomic E-state index is -0.831. The lowest BCUT2D eigenvalue weighted by molar-refractivity contribution is -0.136. The highest BCUT2D eigenvalue weighted by Gasteiger charge is 2.27. The summed E-state index contributed by atoms with van der Waals surface area (Å²) in [4.78, 5) is 12.0. The van der Waals surface area contributed by atoms with E-state index in [9.17, 15) is 4.79 Å². The van der Waals surface area contributed by atoms with E-state index in [2.05, 4.69) is 5.32 Å². The number of benzene rings is 1. The van der Waals surface area contributed by atoms with Crippen LogP contribution in [-0.2, 0) is 9.53 Å². The van der Waals surface area contributed by atoms with Crippen molar-refractivity contribution in [1.29, 1.82) is 0 Å². The first-order valence-electron chi connectivity index (χ1n) is 6.57. The van der Waals surface area contributed by atoms with E-state index in [0.717, 1.165) is 11.4 Å². The Balaban J connectivity index is 2.65. The molecule has 0 fully saturated rings. The highest BCUT2D eigenvalue weighted by atomic mass is 16.5. The van der Waals surface area contributed by atoms with Crippen molar-refractivity contribution in [1.82, 2.24) is 0 Å². The van der Waals surface area contributed by atoms with Crippen LogP contribution >= 0.6 is 0 Å². The van der Waals surface area contributed by atoms with E-state index in [0.29, 0.717) is 6.61 Å². The van der Waals surface area contributed by atoms with E-state index in [1.54, 1.807) is 13.8 Å². The van der Waals surface area contributed by atoms with Gasteiger partial charge in [0.05, 0.1) is 6.10 Å². The predicted octanol–water partition coefficient (Wildman–Crippen LogP) is 3.23. The minimum absolute atomic E-state index is 0.136. The molecule has 0 unspecified atom stereocenters. The molecule has 0 saturated heterocycles. The third kappa shape index (κ3) is 4.91. The van der Waals surface area contributed by atoms with Gasteiger partial charge in [0, 0.05) is 12.3 Å². The van der Waals surface area contributed by atoms with Crippen molar-refractivity contribution in [3.8, 4) is 5.75 Å². The minimum Gasteiger partial charge on any atom is -0.491 e. The van der Waals surface area contributed by atoms with Gasteiger partial charge in [-0.05, 0) is 58.9 Å². The second kappa shape index (κ2) is 6.57.